The Morgan fingerprint density at radius 1 is 1.17 bits per heavy atom. The van der Waals surface area contributed by atoms with Crippen molar-refractivity contribution in [2.45, 2.75) is 32.1 Å². The average Bonchev–Trinajstić information content (AvgIpc) is 3.06. The van der Waals surface area contributed by atoms with E-state index in [0.717, 1.165) is 25.7 Å². The first kappa shape index (κ1) is 15.2. The van der Waals surface area contributed by atoms with Crippen LogP contribution in [0.1, 0.15) is 42.6 Å². The molecule has 1 aromatic carbocycles. The Kier molecular flexibility index (Phi) is 4.36. The molecule has 120 valence electrons. The van der Waals surface area contributed by atoms with Crippen LogP contribution in [-0.2, 0) is 4.79 Å². The molecule has 1 heterocycles. The molecule has 0 atom stereocenters. The molecule has 3 N–H and O–H groups in total. The van der Waals surface area contributed by atoms with E-state index in [0.29, 0.717) is 17.0 Å². The number of ether oxygens (including phenoxy) is 1. The molecule has 1 aromatic heterocycles. The zero-order valence-corrected chi connectivity index (χ0v) is 12.6. The van der Waals surface area contributed by atoms with Crippen LogP contribution in [0.3, 0.4) is 0 Å². The molecule has 0 saturated heterocycles. The Balaban J connectivity index is 1.78. The maximum Gasteiger partial charge on any atom is 0.314 e. The molecule has 0 unspecified atom stereocenters. The Bertz CT molecular complexity index is 720. The maximum absolute atomic E-state index is 12.2. The van der Waals surface area contributed by atoms with Crippen LogP contribution >= 0.6 is 0 Å². The maximum atomic E-state index is 12.2. The van der Waals surface area contributed by atoms with Crippen molar-refractivity contribution in [3.63, 3.8) is 0 Å². The van der Waals surface area contributed by atoms with E-state index >= 15 is 0 Å². The quantitative estimate of drug-likeness (QED) is 0.663. The molecular weight excluding hydrogens is 296 g/mol. The predicted molar refractivity (Wildman–Crippen MR) is 82.5 cm³/mol. The SMILES string of the molecule is NC(=O)c1n[nH]nc1-c1cccc(OC(=O)C2CCCCC2)c1. The van der Waals surface area contributed by atoms with Crippen LogP contribution in [0.15, 0.2) is 24.3 Å². The van der Waals surface area contributed by atoms with Crippen molar-refractivity contribution in [3.8, 4) is 17.0 Å². The van der Waals surface area contributed by atoms with Gasteiger partial charge >= 0.3 is 5.97 Å². The lowest BCUT2D eigenvalue weighted by molar-refractivity contribution is -0.139. The zero-order chi connectivity index (χ0) is 16.2. The summed E-state index contributed by atoms with van der Waals surface area (Å²) >= 11 is 0. The molecule has 1 amide bonds. The van der Waals surface area contributed by atoms with Crippen LogP contribution in [0.25, 0.3) is 11.3 Å². The lowest BCUT2D eigenvalue weighted by atomic mass is 9.89. The fraction of sp³-hybridized carbons (Fsp3) is 0.375. The van der Waals surface area contributed by atoms with E-state index in [1.54, 1.807) is 24.3 Å². The van der Waals surface area contributed by atoms with Crippen LogP contribution in [0.4, 0.5) is 0 Å². The summed E-state index contributed by atoms with van der Waals surface area (Å²) in [6, 6.07) is 6.85. The smallest absolute Gasteiger partial charge is 0.314 e. The second kappa shape index (κ2) is 6.60. The van der Waals surface area contributed by atoms with Crippen molar-refractivity contribution in [1.29, 1.82) is 0 Å². The van der Waals surface area contributed by atoms with Crippen molar-refractivity contribution in [1.82, 2.24) is 15.4 Å². The number of aromatic nitrogens is 3. The number of aromatic amines is 1. The van der Waals surface area contributed by atoms with Gasteiger partial charge in [0.05, 0.1) is 5.92 Å². The number of carbonyl (C=O) groups is 2. The molecule has 0 radical (unpaired) electrons. The van der Waals surface area contributed by atoms with Crippen molar-refractivity contribution in [2.75, 3.05) is 0 Å². The van der Waals surface area contributed by atoms with E-state index in [1.165, 1.54) is 6.42 Å². The number of nitrogens with one attached hydrogen (secondary N) is 1. The summed E-state index contributed by atoms with van der Waals surface area (Å²) in [6.45, 7) is 0. The number of hydrogen-bond acceptors (Lipinski definition) is 5. The molecule has 3 rings (SSSR count). The number of rotatable bonds is 4. The van der Waals surface area contributed by atoms with Gasteiger partial charge in [-0.2, -0.15) is 15.4 Å². The number of nitrogens with zero attached hydrogens (tertiary/aromatic N) is 2. The highest BCUT2D eigenvalue weighted by atomic mass is 16.5. The van der Waals surface area contributed by atoms with Crippen molar-refractivity contribution in [2.24, 2.45) is 11.7 Å². The topological polar surface area (TPSA) is 111 Å². The molecule has 0 spiro atoms. The molecule has 23 heavy (non-hydrogen) atoms. The molecule has 1 aliphatic rings. The van der Waals surface area contributed by atoms with Gasteiger partial charge in [-0.1, -0.05) is 31.4 Å². The minimum Gasteiger partial charge on any atom is -0.426 e. The summed E-state index contributed by atoms with van der Waals surface area (Å²) in [6.07, 6.45) is 5.09. The Labute approximate surface area is 133 Å². The van der Waals surface area contributed by atoms with Gasteiger partial charge in [0.1, 0.15) is 11.4 Å². The standard InChI is InChI=1S/C16H18N4O3/c17-15(21)14-13(18-20-19-14)11-7-4-8-12(9-11)23-16(22)10-5-2-1-3-6-10/h4,7-10H,1-3,5-6H2,(H2,17,21)(H,18,19,20). The average molecular weight is 314 g/mol. The number of amides is 1. The van der Waals surface area contributed by atoms with E-state index in [2.05, 4.69) is 15.4 Å². The number of esters is 1. The molecule has 7 heteroatoms. The number of hydrogen-bond donors (Lipinski definition) is 2. The second-order valence-corrected chi connectivity index (χ2v) is 5.67. The lowest BCUT2D eigenvalue weighted by Crippen LogP contribution is -2.22. The molecular formula is C16H18N4O3. The molecule has 7 nitrogen and oxygen atoms in total. The first-order valence-corrected chi connectivity index (χ1v) is 7.68. The van der Waals surface area contributed by atoms with Crippen LogP contribution in [0.5, 0.6) is 5.75 Å². The second-order valence-electron chi connectivity index (χ2n) is 5.67. The van der Waals surface area contributed by atoms with E-state index in [9.17, 15) is 9.59 Å². The van der Waals surface area contributed by atoms with Gasteiger partial charge in [0.25, 0.3) is 5.91 Å². The van der Waals surface area contributed by atoms with Crippen molar-refractivity contribution < 1.29 is 14.3 Å². The monoisotopic (exact) mass is 314 g/mol. The number of nitrogens with two attached hydrogens (primary N) is 1. The lowest BCUT2D eigenvalue weighted by Gasteiger charge is -2.19. The van der Waals surface area contributed by atoms with Crippen LogP contribution in [0.2, 0.25) is 0 Å². The fourth-order valence-corrected chi connectivity index (χ4v) is 2.85. The number of benzene rings is 1. The van der Waals surface area contributed by atoms with E-state index < -0.39 is 5.91 Å². The third-order valence-electron chi connectivity index (χ3n) is 4.05. The summed E-state index contributed by atoms with van der Waals surface area (Å²) in [5.41, 5.74) is 6.28. The summed E-state index contributed by atoms with van der Waals surface area (Å²) < 4.78 is 5.48. The normalized spacial score (nSPS) is 15.3. The van der Waals surface area contributed by atoms with Gasteiger partial charge in [-0.05, 0) is 25.0 Å². The first-order valence-electron chi connectivity index (χ1n) is 7.68. The van der Waals surface area contributed by atoms with E-state index in [1.807, 2.05) is 0 Å². The fourth-order valence-electron chi connectivity index (χ4n) is 2.85. The Morgan fingerprint density at radius 2 is 1.96 bits per heavy atom. The van der Waals surface area contributed by atoms with Gasteiger partial charge in [-0.15, -0.1) is 0 Å². The van der Waals surface area contributed by atoms with Crippen LogP contribution in [0, 0.1) is 5.92 Å². The minimum atomic E-state index is -0.668. The first-order chi connectivity index (χ1) is 11.1. The summed E-state index contributed by atoms with van der Waals surface area (Å²) in [7, 11) is 0. The Morgan fingerprint density at radius 3 is 2.70 bits per heavy atom. The highest BCUT2D eigenvalue weighted by molar-refractivity contribution is 5.96. The highest BCUT2D eigenvalue weighted by Crippen LogP contribution is 2.28. The number of H-pyrrole nitrogens is 1. The van der Waals surface area contributed by atoms with Gasteiger partial charge in [0.2, 0.25) is 0 Å². The molecule has 0 bridgehead atoms. The third-order valence-corrected chi connectivity index (χ3v) is 4.05. The highest BCUT2D eigenvalue weighted by Gasteiger charge is 2.23. The van der Waals surface area contributed by atoms with Gasteiger partial charge < -0.3 is 10.5 Å². The zero-order valence-electron chi connectivity index (χ0n) is 12.6. The Hall–Kier alpha value is -2.70. The molecule has 1 fully saturated rings. The van der Waals surface area contributed by atoms with Crippen LogP contribution in [-0.4, -0.2) is 27.3 Å². The van der Waals surface area contributed by atoms with Gasteiger partial charge in [-0.3, -0.25) is 9.59 Å². The van der Waals surface area contributed by atoms with E-state index in [-0.39, 0.29) is 17.6 Å². The molecule has 2 aromatic rings. The molecule has 1 saturated carbocycles. The minimum absolute atomic E-state index is 0.0272. The van der Waals surface area contributed by atoms with E-state index in [4.69, 9.17) is 10.5 Å². The number of carbonyl (C=O) groups excluding carboxylic acids is 2. The van der Waals surface area contributed by atoms with Crippen LogP contribution < -0.4 is 10.5 Å². The van der Waals surface area contributed by atoms with Crippen molar-refractivity contribution >= 4 is 11.9 Å². The summed E-state index contributed by atoms with van der Waals surface area (Å²) in [4.78, 5) is 23.5. The molecule has 0 aliphatic heterocycles. The van der Waals surface area contributed by atoms with Gasteiger partial charge in [0.15, 0.2) is 5.69 Å². The molecule has 1 aliphatic carbocycles. The van der Waals surface area contributed by atoms with Crippen molar-refractivity contribution in [3.05, 3.63) is 30.0 Å². The predicted octanol–water partition coefficient (Wildman–Crippen LogP) is 2.06. The largest absolute Gasteiger partial charge is 0.426 e. The summed E-state index contributed by atoms with van der Waals surface area (Å²) in [5, 5.41) is 10.1. The summed E-state index contributed by atoms with van der Waals surface area (Å²) in [5.74, 6) is -0.465. The van der Waals surface area contributed by atoms with Gasteiger partial charge in [-0.25, -0.2) is 0 Å². The third kappa shape index (κ3) is 3.39. The van der Waals surface area contributed by atoms with Gasteiger partial charge in [0, 0.05) is 5.56 Å². The number of primary amides is 1.